The van der Waals surface area contributed by atoms with E-state index in [2.05, 4.69) is 15.9 Å². The second kappa shape index (κ2) is 3.60. The molecule has 0 spiro atoms. The van der Waals surface area contributed by atoms with E-state index in [1.165, 1.54) is 12.1 Å². The van der Waals surface area contributed by atoms with Crippen molar-refractivity contribution in [3.8, 4) is 0 Å². The molecule has 0 aliphatic rings. The molecule has 0 aliphatic carbocycles. The van der Waals surface area contributed by atoms with Crippen LogP contribution in [0.1, 0.15) is 0 Å². The first-order valence-electron chi connectivity index (χ1n) is 2.47. The molecule has 0 heterocycles. The van der Waals surface area contributed by atoms with E-state index >= 15 is 0 Å². The Hall–Kier alpha value is 0.270. The van der Waals surface area contributed by atoms with E-state index in [0.29, 0.717) is 9.37 Å². The van der Waals surface area contributed by atoms with Gasteiger partial charge in [0, 0.05) is 9.37 Å². The van der Waals surface area contributed by atoms with Crippen LogP contribution in [0.2, 0.25) is 0 Å². The molecular weight excluding hydrogens is 238 g/mol. The predicted molar refractivity (Wildman–Crippen MR) is 45.8 cm³/mol. The van der Waals surface area contributed by atoms with Gasteiger partial charge in [0.25, 0.3) is 0 Å². The minimum atomic E-state index is -0.280. The lowest BCUT2D eigenvalue weighted by Crippen LogP contribution is -1.74. The van der Waals surface area contributed by atoms with Crippen LogP contribution < -0.4 is 0 Å². The van der Waals surface area contributed by atoms with E-state index in [0.717, 1.165) is 11.0 Å². The molecule has 0 saturated carbocycles. The van der Waals surface area contributed by atoms with Crippen LogP contribution >= 0.6 is 37.6 Å². The summed E-state index contributed by atoms with van der Waals surface area (Å²) in [5.74, 6) is -0.280. The molecule has 0 unspecified atom stereocenters. The van der Waals surface area contributed by atoms with Gasteiger partial charge in [-0.15, -0.1) is 0 Å². The molecule has 0 amide bonds. The fourth-order valence-electron chi connectivity index (χ4n) is 0.573. The van der Waals surface area contributed by atoms with Gasteiger partial charge in [0.2, 0.25) is 0 Å². The highest BCUT2D eigenvalue weighted by atomic mass is 79.9. The third kappa shape index (κ3) is 2.15. The van der Waals surface area contributed by atoms with Crippen LogP contribution in [0.4, 0.5) is 4.39 Å². The van der Waals surface area contributed by atoms with E-state index in [9.17, 15) is 4.39 Å². The molecule has 1 aromatic carbocycles. The summed E-state index contributed by atoms with van der Waals surface area (Å²) in [7, 11) is 6.40. The molecule has 54 valence electrons. The fourth-order valence-corrected chi connectivity index (χ4v) is 1.79. The van der Waals surface area contributed by atoms with Gasteiger partial charge in [-0.3, -0.25) is 0 Å². The summed E-state index contributed by atoms with van der Waals surface area (Å²) in [4.78, 5) is 0.702. The maximum atomic E-state index is 12.5. The SMILES string of the molecule is Fc1cc(Br)cc(SCl)c1. The van der Waals surface area contributed by atoms with Gasteiger partial charge in [-0.25, -0.2) is 4.39 Å². The third-order valence-corrected chi connectivity index (χ3v) is 2.33. The minimum Gasteiger partial charge on any atom is -0.207 e. The maximum Gasteiger partial charge on any atom is 0.125 e. The first kappa shape index (κ1) is 8.37. The lowest BCUT2D eigenvalue weighted by molar-refractivity contribution is 0.623. The van der Waals surface area contributed by atoms with E-state index in [1.54, 1.807) is 6.07 Å². The fraction of sp³-hybridized carbons (Fsp3) is 0. The van der Waals surface area contributed by atoms with Crippen LogP contribution in [0.15, 0.2) is 27.6 Å². The molecular formula is C6H3BrClFS. The van der Waals surface area contributed by atoms with E-state index in [-0.39, 0.29) is 5.82 Å². The van der Waals surface area contributed by atoms with Gasteiger partial charge >= 0.3 is 0 Å². The standard InChI is InChI=1S/C6H3BrClFS/c7-4-1-5(9)3-6(2-4)10-8/h1-3H. The summed E-state index contributed by atoms with van der Waals surface area (Å²) < 4.78 is 13.2. The number of halogens is 3. The molecule has 0 N–H and O–H groups in total. The lowest BCUT2D eigenvalue weighted by Gasteiger charge is -1.94. The van der Waals surface area contributed by atoms with Gasteiger partial charge in [0.1, 0.15) is 5.82 Å². The highest BCUT2D eigenvalue weighted by Crippen LogP contribution is 2.25. The monoisotopic (exact) mass is 240 g/mol. The van der Waals surface area contributed by atoms with Gasteiger partial charge in [-0.2, -0.15) is 0 Å². The summed E-state index contributed by atoms with van der Waals surface area (Å²) in [6.07, 6.45) is 0. The van der Waals surface area contributed by atoms with Crippen LogP contribution in [-0.4, -0.2) is 0 Å². The molecule has 0 atom stereocenters. The van der Waals surface area contributed by atoms with Crippen LogP contribution in [0.25, 0.3) is 0 Å². The smallest absolute Gasteiger partial charge is 0.125 e. The Labute approximate surface area is 75.4 Å². The van der Waals surface area contributed by atoms with Crippen molar-refractivity contribution in [1.29, 1.82) is 0 Å². The molecule has 0 radical (unpaired) electrons. The van der Waals surface area contributed by atoms with E-state index < -0.39 is 0 Å². The Morgan fingerprint density at radius 3 is 2.60 bits per heavy atom. The molecule has 0 saturated heterocycles. The van der Waals surface area contributed by atoms with Crippen LogP contribution in [0.3, 0.4) is 0 Å². The molecule has 0 fully saturated rings. The van der Waals surface area contributed by atoms with Crippen molar-refractivity contribution in [3.05, 3.63) is 28.5 Å². The molecule has 4 heteroatoms. The zero-order valence-corrected chi connectivity index (χ0v) is 7.93. The van der Waals surface area contributed by atoms with Gasteiger partial charge in [-0.1, -0.05) is 15.9 Å². The topological polar surface area (TPSA) is 0 Å². The zero-order valence-electron chi connectivity index (χ0n) is 4.77. The molecule has 1 aromatic rings. The average molecular weight is 242 g/mol. The Morgan fingerprint density at radius 2 is 2.10 bits per heavy atom. The van der Waals surface area contributed by atoms with Crippen molar-refractivity contribution in [2.45, 2.75) is 4.90 Å². The maximum absolute atomic E-state index is 12.5. The quantitative estimate of drug-likeness (QED) is 0.720. The number of hydrogen-bond donors (Lipinski definition) is 0. The first-order valence-corrected chi connectivity index (χ1v) is 4.90. The van der Waals surface area contributed by atoms with Crippen LogP contribution in [0.5, 0.6) is 0 Å². The normalized spacial score (nSPS) is 9.90. The highest BCUT2D eigenvalue weighted by molar-refractivity contribution is 9.10. The molecule has 1 rings (SSSR count). The average Bonchev–Trinajstić information content (AvgIpc) is 1.85. The Balaban J connectivity index is 3.06. The van der Waals surface area contributed by atoms with Gasteiger partial charge in [0.05, 0.1) is 0 Å². The van der Waals surface area contributed by atoms with Gasteiger partial charge in [-0.05, 0) is 39.9 Å². The molecule has 0 bridgehead atoms. The van der Waals surface area contributed by atoms with Crippen LogP contribution in [0, 0.1) is 5.82 Å². The van der Waals surface area contributed by atoms with E-state index in [1.807, 2.05) is 0 Å². The second-order valence-electron chi connectivity index (χ2n) is 1.68. The molecule has 0 aromatic heterocycles. The summed E-state index contributed by atoms with van der Waals surface area (Å²) in [5, 5.41) is 0. The third-order valence-electron chi connectivity index (χ3n) is 0.925. The van der Waals surface area contributed by atoms with Crippen molar-refractivity contribution in [3.63, 3.8) is 0 Å². The number of benzene rings is 1. The van der Waals surface area contributed by atoms with Gasteiger partial charge in [0.15, 0.2) is 0 Å². The number of rotatable bonds is 1. The van der Waals surface area contributed by atoms with Crippen molar-refractivity contribution in [1.82, 2.24) is 0 Å². The summed E-state index contributed by atoms with van der Waals surface area (Å²) in [6, 6.07) is 4.51. The molecule has 0 nitrogen and oxygen atoms in total. The first-order chi connectivity index (χ1) is 4.72. The number of hydrogen-bond acceptors (Lipinski definition) is 1. The Morgan fingerprint density at radius 1 is 1.40 bits per heavy atom. The Kier molecular flexibility index (Phi) is 3.01. The summed E-state index contributed by atoms with van der Waals surface area (Å²) >= 11 is 3.14. The van der Waals surface area contributed by atoms with Crippen molar-refractivity contribution >= 4 is 37.6 Å². The lowest BCUT2D eigenvalue weighted by atomic mass is 10.3. The second-order valence-corrected chi connectivity index (χ2v) is 3.69. The largest absolute Gasteiger partial charge is 0.207 e. The zero-order chi connectivity index (χ0) is 7.56. The van der Waals surface area contributed by atoms with E-state index in [4.69, 9.17) is 10.7 Å². The molecule has 0 aliphatic heterocycles. The Bertz CT molecular complexity index is 221. The van der Waals surface area contributed by atoms with Gasteiger partial charge < -0.3 is 0 Å². The van der Waals surface area contributed by atoms with Crippen molar-refractivity contribution < 1.29 is 4.39 Å². The van der Waals surface area contributed by atoms with Crippen molar-refractivity contribution in [2.75, 3.05) is 0 Å². The summed E-state index contributed by atoms with van der Waals surface area (Å²) in [5.41, 5.74) is 0. The minimum absolute atomic E-state index is 0.280. The molecule has 10 heavy (non-hydrogen) atoms. The highest BCUT2D eigenvalue weighted by Gasteiger charge is 1.96. The predicted octanol–water partition coefficient (Wildman–Crippen LogP) is 3.83. The van der Waals surface area contributed by atoms with Crippen molar-refractivity contribution in [2.24, 2.45) is 0 Å². The summed E-state index contributed by atoms with van der Waals surface area (Å²) in [6.45, 7) is 0. The van der Waals surface area contributed by atoms with Crippen LogP contribution in [-0.2, 0) is 0 Å².